The minimum Gasteiger partial charge on any atom is -0.348 e. The summed E-state index contributed by atoms with van der Waals surface area (Å²) < 4.78 is 29.6. The van der Waals surface area contributed by atoms with Gasteiger partial charge in [-0.05, 0) is 31.4 Å². The third-order valence-electron chi connectivity index (χ3n) is 4.49. The molecule has 6 nitrogen and oxygen atoms in total. The van der Waals surface area contributed by atoms with Crippen molar-refractivity contribution < 1.29 is 13.2 Å². The van der Waals surface area contributed by atoms with E-state index in [2.05, 4.69) is 9.71 Å². The highest BCUT2D eigenvalue weighted by Gasteiger charge is 2.27. The molecule has 1 heterocycles. The highest BCUT2D eigenvalue weighted by Crippen LogP contribution is 2.17. The monoisotopic (exact) mass is 397 g/mol. The van der Waals surface area contributed by atoms with E-state index in [4.69, 9.17) is 0 Å². The zero-order valence-corrected chi connectivity index (χ0v) is 16.7. The lowest BCUT2D eigenvalue weighted by atomic mass is 10.1. The molecule has 3 rings (SSSR count). The highest BCUT2D eigenvalue weighted by atomic mass is 32.2. The Balaban J connectivity index is 1.70. The Kier molecular flexibility index (Phi) is 5.94. The van der Waals surface area contributed by atoms with E-state index in [1.54, 1.807) is 0 Å². The number of aryl methyl sites for hydroxylation is 1. The molecule has 0 aliphatic carbocycles. The van der Waals surface area contributed by atoms with Crippen LogP contribution in [0.5, 0.6) is 0 Å². The van der Waals surface area contributed by atoms with Gasteiger partial charge in [0.05, 0.1) is 11.3 Å². The van der Waals surface area contributed by atoms with Crippen LogP contribution in [-0.4, -0.2) is 30.9 Å². The van der Waals surface area contributed by atoms with Gasteiger partial charge in [0.2, 0.25) is 0 Å². The maximum Gasteiger partial charge on any atom is 0.344 e. The summed E-state index contributed by atoms with van der Waals surface area (Å²) in [7, 11) is -3.82. The second-order valence-electron chi connectivity index (χ2n) is 6.71. The Labute approximate surface area is 165 Å². The SMILES string of the molecule is CC1=NS(=O)(=O)N(CCc2ccccc2)C=C1C(=O)NCc1ccc(C)cc1. The molecule has 28 heavy (non-hydrogen) atoms. The van der Waals surface area contributed by atoms with Crippen molar-refractivity contribution in [3.8, 4) is 0 Å². The van der Waals surface area contributed by atoms with Gasteiger partial charge in [-0.1, -0.05) is 60.2 Å². The van der Waals surface area contributed by atoms with Gasteiger partial charge in [-0.2, -0.15) is 8.42 Å². The first-order valence-corrected chi connectivity index (χ1v) is 10.4. The summed E-state index contributed by atoms with van der Waals surface area (Å²) in [6.07, 6.45) is 1.91. The smallest absolute Gasteiger partial charge is 0.344 e. The first-order valence-electron chi connectivity index (χ1n) is 9.03. The number of hydrogen-bond donors (Lipinski definition) is 1. The fourth-order valence-corrected chi connectivity index (χ4v) is 3.96. The lowest BCUT2D eigenvalue weighted by Gasteiger charge is -2.23. The molecule has 0 aromatic heterocycles. The summed E-state index contributed by atoms with van der Waals surface area (Å²) in [5.41, 5.74) is 3.58. The number of rotatable bonds is 6. The van der Waals surface area contributed by atoms with Crippen LogP contribution in [0.4, 0.5) is 0 Å². The molecule has 1 aliphatic rings. The molecule has 0 spiro atoms. The average Bonchev–Trinajstić information content (AvgIpc) is 2.67. The van der Waals surface area contributed by atoms with Crippen molar-refractivity contribution in [1.29, 1.82) is 0 Å². The van der Waals surface area contributed by atoms with Crippen molar-refractivity contribution in [2.45, 2.75) is 26.8 Å². The van der Waals surface area contributed by atoms with Gasteiger partial charge >= 0.3 is 10.2 Å². The van der Waals surface area contributed by atoms with Crippen LogP contribution in [0.15, 0.2) is 70.8 Å². The van der Waals surface area contributed by atoms with Gasteiger partial charge in [-0.25, -0.2) is 0 Å². The number of hydrogen-bond acceptors (Lipinski definition) is 3. The highest BCUT2D eigenvalue weighted by molar-refractivity contribution is 7.88. The molecule has 0 unspecified atom stereocenters. The van der Waals surface area contributed by atoms with Crippen molar-refractivity contribution in [3.05, 3.63) is 83.1 Å². The summed E-state index contributed by atoms with van der Waals surface area (Å²) in [4.78, 5) is 12.6. The van der Waals surface area contributed by atoms with Crippen molar-refractivity contribution in [2.24, 2.45) is 4.40 Å². The number of benzene rings is 2. The van der Waals surface area contributed by atoms with Gasteiger partial charge in [0, 0.05) is 19.3 Å². The van der Waals surface area contributed by atoms with Crippen LogP contribution >= 0.6 is 0 Å². The lowest BCUT2D eigenvalue weighted by Crippen LogP contribution is -2.36. The summed E-state index contributed by atoms with van der Waals surface area (Å²) in [6, 6.07) is 17.4. The molecule has 7 heteroatoms. The predicted octanol–water partition coefficient (Wildman–Crippen LogP) is 2.76. The molecule has 0 fully saturated rings. The Morgan fingerprint density at radius 2 is 1.68 bits per heavy atom. The molecule has 0 saturated carbocycles. The van der Waals surface area contributed by atoms with Crippen molar-refractivity contribution in [1.82, 2.24) is 9.62 Å². The van der Waals surface area contributed by atoms with Crippen molar-refractivity contribution in [3.63, 3.8) is 0 Å². The summed E-state index contributed by atoms with van der Waals surface area (Å²) in [5, 5.41) is 2.83. The molecule has 2 aromatic rings. The standard InChI is InChI=1S/C21H23N3O3S/c1-16-8-10-19(11-9-16)14-22-21(25)20-15-24(28(26,27)23-17(20)2)13-12-18-6-4-3-5-7-18/h3-11,15H,12-14H2,1-2H3,(H,22,25). The van der Waals surface area contributed by atoms with E-state index in [9.17, 15) is 13.2 Å². The second kappa shape index (κ2) is 8.39. The molecule has 0 radical (unpaired) electrons. The van der Waals surface area contributed by atoms with E-state index < -0.39 is 10.2 Å². The van der Waals surface area contributed by atoms with E-state index in [-0.39, 0.29) is 23.7 Å². The fourth-order valence-electron chi connectivity index (χ4n) is 2.85. The summed E-state index contributed by atoms with van der Waals surface area (Å²) in [6.45, 7) is 4.11. The van der Waals surface area contributed by atoms with Gasteiger partial charge in [-0.3, -0.25) is 9.10 Å². The zero-order valence-electron chi connectivity index (χ0n) is 15.9. The third-order valence-corrected chi connectivity index (χ3v) is 5.88. The predicted molar refractivity (Wildman–Crippen MR) is 110 cm³/mol. The van der Waals surface area contributed by atoms with Crippen LogP contribution in [-0.2, 0) is 28.0 Å². The van der Waals surface area contributed by atoms with E-state index >= 15 is 0 Å². The van der Waals surface area contributed by atoms with Crippen LogP contribution in [0.25, 0.3) is 0 Å². The summed E-state index contributed by atoms with van der Waals surface area (Å²) in [5.74, 6) is -0.346. The number of nitrogens with one attached hydrogen (secondary N) is 1. The molecule has 2 aromatic carbocycles. The summed E-state index contributed by atoms with van der Waals surface area (Å²) >= 11 is 0. The topological polar surface area (TPSA) is 78.8 Å². The number of amides is 1. The van der Waals surface area contributed by atoms with Crippen LogP contribution in [0.2, 0.25) is 0 Å². The second-order valence-corrected chi connectivity index (χ2v) is 8.26. The van der Waals surface area contributed by atoms with Crippen molar-refractivity contribution in [2.75, 3.05) is 6.54 Å². The Hall–Kier alpha value is -2.93. The molecule has 0 atom stereocenters. The maximum atomic E-state index is 12.6. The molecule has 1 aliphatic heterocycles. The quantitative estimate of drug-likeness (QED) is 0.814. The number of nitrogens with zero attached hydrogens (tertiary/aromatic N) is 2. The molecule has 146 valence electrons. The molecule has 1 N–H and O–H groups in total. The minimum atomic E-state index is -3.82. The average molecular weight is 398 g/mol. The van der Waals surface area contributed by atoms with Crippen LogP contribution < -0.4 is 5.32 Å². The normalized spacial score (nSPS) is 15.6. The third kappa shape index (κ3) is 4.86. The minimum absolute atomic E-state index is 0.192. The number of carbonyl (C=O) groups is 1. The zero-order chi connectivity index (χ0) is 20.1. The molecular formula is C21H23N3O3S. The first kappa shape index (κ1) is 19.8. The molecule has 0 bridgehead atoms. The van der Waals surface area contributed by atoms with Crippen LogP contribution in [0, 0.1) is 6.92 Å². The molecular weight excluding hydrogens is 374 g/mol. The Morgan fingerprint density at radius 1 is 1.00 bits per heavy atom. The largest absolute Gasteiger partial charge is 0.348 e. The number of carbonyl (C=O) groups excluding carboxylic acids is 1. The van der Waals surface area contributed by atoms with E-state index in [0.717, 1.165) is 21.0 Å². The van der Waals surface area contributed by atoms with E-state index in [0.29, 0.717) is 13.0 Å². The Bertz CT molecular complexity index is 1010. The van der Waals surface area contributed by atoms with Gasteiger partial charge in [0.1, 0.15) is 0 Å². The molecule has 1 amide bonds. The van der Waals surface area contributed by atoms with Gasteiger partial charge in [0.25, 0.3) is 5.91 Å². The Morgan fingerprint density at radius 3 is 2.36 bits per heavy atom. The van der Waals surface area contributed by atoms with Crippen LogP contribution in [0.3, 0.4) is 0 Å². The van der Waals surface area contributed by atoms with Crippen LogP contribution in [0.1, 0.15) is 23.6 Å². The van der Waals surface area contributed by atoms with Gasteiger partial charge in [-0.15, -0.1) is 4.40 Å². The van der Waals surface area contributed by atoms with Gasteiger partial charge < -0.3 is 5.32 Å². The molecule has 0 saturated heterocycles. The van der Waals surface area contributed by atoms with Crippen molar-refractivity contribution >= 4 is 21.8 Å². The fraction of sp³-hybridized carbons (Fsp3) is 0.238. The van der Waals surface area contributed by atoms with E-state index in [1.807, 2.05) is 61.5 Å². The van der Waals surface area contributed by atoms with E-state index in [1.165, 1.54) is 13.1 Å². The maximum absolute atomic E-state index is 12.6. The van der Waals surface area contributed by atoms with Gasteiger partial charge in [0.15, 0.2) is 0 Å². The lowest BCUT2D eigenvalue weighted by molar-refractivity contribution is -0.117. The first-order chi connectivity index (χ1) is 13.3.